The molecule has 0 aliphatic carbocycles. The zero-order valence-electron chi connectivity index (χ0n) is 8.10. The maximum atomic E-state index is 6.22. The van der Waals surface area contributed by atoms with E-state index in [-0.39, 0.29) is 4.87 Å². The highest BCUT2D eigenvalue weighted by molar-refractivity contribution is 6.36. The highest BCUT2D eigenvalue weighted by Gasteiger charge is 2.32. The lowest BCUT2D eigenvalue weighted by Gasteiger charge is -2.17. The lowest BCUT2D eigenvalue weighted by Crippen LogP contribution is -2.30. The fourth-order valence-corrected chi connectivity index (χ4v) is 1.45. The summed E-state index contributed by atoms with van der Waals surface area (Å²) in [4.78, 5) is -0.228. The van der Waals surface area contributed by atoms with E-state index >= 15 is 0 Å². The van der Waals surface area contributed by atoms with Crippen LogP contribution < -0.4 is 0 Å². The Morgan fingerprint density at radius 2 is 2.33 bits per heavy atom. The third-order valence-electron chi connectivity index (χ3n) is 2.30. The Bertz CT molecular complexity index is 187. The number of halogens is 1. The Morgan fingerprint density at radius 3 is 2.75 bits per heavy atom. The van der Waals surface area contributed by atoms with E-state index in [2.05, 4.69) is 17.0 Å². The monoisotopic (exact) mass is 188 g/mol. The molecular weight excluding hydrogens is 172 g/mol. The van der Waals surface area contributed by atoms with Crippen molar-refractivity contribution in [2.75, 3.05) is 13.1 Å². The van der Waals surface area contributed by atoms with Crippen molar-refractivity contribution in [3.05, 3.63) is 0 Å². The van der Waals surface area contributed by atoms with Crippen molar-refractivity contribution >= 4 is 17.3 Å². The zero-order valence-corrected chi connectivity index (χ0v) is 8.86. The summed E-state index contributed by atoms with van der Waals surface area (Å²) in [7, 11) is 0. The van der Waals surface area contributed by atoms with E-state index in [1.807, 2.05) is 13.8 Å². The molecule has 70 valence electrons. The van der Waals surface area contributed by atoms with Gasteiger partial charge < -0.3 is 0 Å². The average Bonchev–Trinajstić information content (AvgIpc) is 2.22. The lowest BCUT2D eigenvalue weighted by atomic mass is 10.1. The molecule has 0 aromatic rings. The van der Waals surface area contributed by atoms with Crippen LogP contribution in [0.4, 0.5) is 0 Å². The largest absolute Gasteiger partial charge is 0.295 e. The number of unbranched alkanes of at least 4 members (excludes halogenated alkanes) is 1. The van der Waals surface area contributed by atoms with Crippen LogP contribution in [0, 0.1) is 0 Å². The molecule has 1 aliphatic rings. The summed E-state index contributed by atoms with van der Waals surface area (Å²) in [6, 6.07) is 0. The van der Waals surface area contributed by atoms with Gasteiger partial charge in [0.2, 0.25) is 0 Å². The Morgan fingerprint density at radius 1 is 1.67 bits per heavy atom. The topological polar surface area (TPSA) is 15.6 Å². The van der Waals surface area contributed by atoms with Gasteiger partial charge in [-0.2, -0.15) is 5.10 Å². The van der Waals surface area contributed by atoms with Crippen molar-refractivity contribution in [3.63, 3.8) is 0 Å². The number of hydrogen-bond acceptors (Lipinski definition) is 2. The Kier molecular flexibility index (Phi) is 2.99. The smallest absolute Gasteiger partial charge is 0.100 e. The minimum atomic E-state index is -0.228. The van der Waals surface area contributed by atoms with Gasteiger partial charge in [0.1, 0.15) is 4.87 Å². The van der Waals surface area contributed by atoms with Crippen LogP contribution in [-0.4, -0.2) is 28.7 Å². The van der Waals surface area contributed by atoms with Gasteiger partial charge in [-0.25, -0.2) is 0 Å². The second-order valence-electron chi connectivity index (χ2n) is 3.62. The van der Waals surface area contributed by atoms with Crippen molar-refractivity contribution in [2.45, 2.75) is 38.5 Å². The van der Waals surface area contributed by atoms with Crippen molar-refractivity contribution in [1.29, 1.82) is 0 Å². The average molecular weight is 189 g/mol. The summed E-state index contributed by atoms with van der Waals surface area (Å²) in [5.41, 5.74) is 1.04. The molecule has 2 nitrogen and oxygen atoms in total. The lowest BCUT2D eigenvalue weighted by molar-refractivity contribution is 0.300. The van der Waals surface area contributed by atoms with E-state index in [1.54, 1.807) is 0 Å². The van der Waals surface area contributed by atoms with Gasteiger partial charge in [-0.1, -0.05) is 13.3 Å². The van der Waals surface area contributed by atoms with Crippen LogP contribution >= 0.6 is 11.6 Å². The van der Waals surface area contributed by atoms with Gasteiger partial charge in [0.05, 0.1) is 12.3 Å². The highest BCUT2D eigenvalue weighted by Crippen LogP contribution is 2.24. The normalized spacial score (nSPS) is 29.3. The Hall–Kier alpha value is -0.240. The van der Waals surface area contributed by atoms with Crippen molar-refractivity contribution in [2.24, 2.45) is 5.10 Å². The van der Waals surface area contributed by atoms with Crippen LogP contribution in [0.2, 0.25) is 0 Å². The van der Waals surface area contributed by atoms with Crippen LogP contribution in [0.5, 0.6) is 0 Å². The molecule has 1 rings (SSSR count). The number of hydrazone groups is 1. The summed E-state index contributed by atoms with van der Waals surface area (Å²) >= 11 is 6.22. The van der Waals surface area contributed by atoms with Crippen molar-refractivity contribution < 1.29 is 0 Å². The maximum Gasteiger partial charge on any atom is 0.100 e. The number of rotatable bonds is 3. The summed E-state index contributed by atoms with van der Waals surface area (Å²) in [5.74, 6) is 0. The van der Waals surface area contributed by atoms with E-state index in [9.17, 15) is 0 Å². The van der Waals surface area contributed by atoms with Gasteiger partial charge in [0.15, 0.2) is 0 Å². The van der Waals surface area contributed by atoms with Crippen LogP contribution in [0.1, 0.15) is 33.6 Å². The Labute approximate surface area is 79.6 Å². The van der Waals surface area contributed by atoms with Crippen LogP contribution in [0.25, 0.3) is 0 Å². The summed E-state index contributed by atoms with van der Waals surface area (Å²) < 4.78 is 0. The molecule has 1 unspecified atom stereocenters. The molecule has 0 spiro atoms. The second kappa shape index (κ2) is 3.65. The van der Waals surface area contributed by atoms with Crippen LogP contribution in [0.3, 0.4) is 0 Å². The Balaban J connectivity index is 2.44. The predicted molar refractivity (Wildman–Crippen MR) is 53.8 cm³/mol. The zero-order chi connectivity index (χ0) is 9.19. The van der Waals surface area contributed by atoms with E-state index in [1.165, 1.54) is 12.8 Å². The number of alkyl halides is 1. The third kappa shape index (κ3) is 2.13. The van der Waals surface area contributed by atoms with E-state index in [4.69, 9.17) is 11.6 Å². The molecule has 0 aromatic heterocycles. The summed E-state index contributed by atoms with van der Waals surface area (Å²) in [5, 5.41) is 6.47. The minimum Gasteiger partial charge on any atom is -0.295 e. The molecule has 0 bridgehead atoms. The first-order valence-corrected chi connectivity index (χ1v) is 4.93. The minimum absolute atomic E-state index is 0.228. The molecule has 1 heterocycles. The van der Waals surface area contributed by atoms with Crippen LogP contribution in [0.15, 0.2) is 5.10 Å². The van der Waals surface area contributed by atoms with Gasteiger partial charge in [-0.15, -0.1) is 11.6 Å². The SMILES string of the molecule is CCCCN1CC(C)(Cl)C(C)=N1. The van der Waals surface area contributed by atoms with Gasteiger partial charge in [-0.05, 0) is 20.3 Å². The molecule has 1 atom stereocenters. The fourth-order valence-electron chi connectivity index (χ4n) is 1.28. The molecule has 1 aliphatic heterocycles. The van der Waals surface area contributed by atoms with Crippen LogP contribution in [-0.2, 0) is 0 Å². The summed E-state index contributed by atoms with van der Waals surface area (Å²) in [6.45, 7) is 8.11. The van der Waals surface area contributed by atoms with Gasteiger partial charge in [0.25, 0.3) is 0 Å². The molecule has 0 amide bonds. The van der Waals surface area contributed by atoms with Gasteiger partial charge >= 0.3 is 0 Å². The predicted octanol–water partition coefficient (Wildman–Crippen LogP) is 2.48. The van der Waals surface area contributed by atoms with Crippen molar-refractivity contribution in [1.82, 2.24) is 5.01 Å². The second-order valence-corrected chi connectivity index (χ2v) is 4.46. The molecular formula is C9H17ClN2. The molecule has 12 heavy (non-hydrogen) atoms. The fraction of sp³-hybridized carbons (Fsp3) is 0.889. The molecule has 0 radical (unpaired) electrons. The first-order chi connectivity index (χ1) is 5.56. The maximum absolute atomic E-state index is 6.22. The third-order valence-corrected chi connectivity index (χ3v) is 2.69. The number of nitrogens with zero attached hydrogens (tertiary/aromatic N) is 2. The first-order valence-electron chi connectivity index (χ1n) is 4.56. The molecule has 0 aromatic carbocycles. The standard InChI is InChI=1S/C9H17ClN2/c1-4-5-6-12-7-9(3,10)8(2)11-12/h4-7H2,1-3H3. The van der Waals surface area contributed by atoms with Gasteiger partial charge in [-0.3, -0.25) is 5.01 Å². The quantitative estimate of drug-likeness (QED) is 0.622. The van der Waals surface area contributed by atoms with Crippen molar-refractivity contribution in [3.8, 4) is 0 Å². The van der Waals surface area contributed by atoms with E-state index < -0.39 is 0 Å². The molecule has 0 fully saturated rings. The highest BCUT2D eigenvalue weighted by atomic mass is 35.5. The molecule has 0 N–H and O–H groups in total. The van der Waals surface area contributed by atoms with Gasteiger partial charge in [0, 0.05) is 6.54 Å². The number of hydrogen-bond donors (Lipinski definition) is 0. The first kappa shape index (κ1) is 9.85. The molecule has 3 heteroatoms. The summed E-state index contributed by atoms with van der Waals surface area (Å²) in [6.07, 6.45) is 2.41. The molecule has 0 saturated carbocycles. The van der Waals surface area contributed by atoms with E-state index in [0.717, 1.165) is 18.8 Å². The van der Waals surface area contributed by atoms with E-state index in [0.29, 0.717) is 0 Å². The molecule has 0 saturated heterocycles.